The number of hydrogen-bond donors (Lipinski definition) is 3. The van der Waals surface area contributed by atoms with Gasteiger partial charge < -0.3 is 20.1 Å². The zero-order chi connectivity index (χ0) is 18.2. The summed E-state index contributed by atoms with van der Waals surface area (Å²) in [5, 5.41) is 32.6. The first kappa shape index (κ1) is 18.0. The molecule has 4 rings (SSSR count). The van der Waals surface area contributed by atoms with E-state index in [0.717, 1.165) is 32.1 Å². The highest BCUT2D eigenvalue weighted by atomic mass is 16.5. The van der Waals surface area contributed by atoms with Gasteiger partial charge in [0.25, 0.3) is 0 Å². The topological polar surface area (TPSA) is 69.9 Å². The zero-order valence-corrected chi connectivity index (χ0v) is 16.0. The Morgan fingerprint density at radius 3 is 2.48 bits per heavy atom. The van der Waals surface area contributed by atoms with E-state index in [1.54, 1.807) is 14.0 Å². The van der Waals surface area contributed by atoms with Crippen molar-refractivity contribution in [3.05, 3.63) is 11.6 Å². The summed E-state index contributed by atoms with van der Waals surface area (Å²) < 4.78 is 5.59. The Morgan fingerprint density at radius 2 is 1.80 bits per heavy atom. The van der Waals surface area contributed by atoms with Crippen LogP contribution in [-0.4, -0.2) is 46.3 Å². The third kappa shape index (κ3) is 2.20. The molecule has 0 aromatic carbocycles. The van der Waals surface area contributed by atoms with E-state index >= 15 is 0 Å². The highest BCUT2D eigenvalue weighted by molar-refractivity contribution is 5.29. The average Bonchev–Trinajstić information content (AvgIpc) is 2.74. The largest absolute Gasteiger partial charge is 0.390 e. The van der Waals surface area contributed by atoms with Gasteiger partial charge in [0.2, 0.25) is 0 Å². The number of fused-ring (bicyclic) bond motifs is 5. The molecular formula is C21H34O4. The van der Waals surface area contributed by atoms with Crippen LogP contribution in [0.5, 0.6) is 0 Å². The van der Waals surface area contributed by atoms with Gasteiger partial charge in [-0.05, 0) is 68.6 Å². The third-order valence-electron chi connectivity index (χ3n) is 9.09. The maximum absolute atomic E-state index is 11.1. The Balaban J connectivity index is 1.72. The second-order valence-corrected chi connectivity index (χ2v) is 9.85. The lowest BCUT2D eigenvalue weighted by atomic mass is 9.46. The smallest absolute Gasteiger partial charge is 0.0933 e. The molecule has 9 atom stereocenters. The van der Waals surface area contributed by atoms with Crippen LogP contribution in [0.25, 0.3) is 0 Å². The van der Waals surface area contributed by atoms with Crippen molar-refractivity contribution in [3.8, 4) is 0 Å². The molecule has 0 bridgehead atoms. The van der Waals surface area contributed by atoms with Gasteiger partial charge in [-0.25, -0.2) is 0 Å². The highest BCUT2D eigenvalue weighted by Gasteiger charge is 2.66. The van der Waals surface area contributed by atoms with Crippen LogP contribution in [-0.2, 0) is 4.74 Å². The second-order valence-electron chi connectivity index (χ2n) is 9.85. The van der Waals surface area contributed by atoms with Gasteiger partial charge in [-0.2, -0.15) is 0 Å². The molecule has 0 aromatic rings. The number of aliphatic hydroxyl groups is 3. The number of ether oxygens (including phenoxy) is 1. The first-order valence-corrected chi connectivity index (χ1v) is 9.97. The third-order valence-corrected chi connectivity index (χ3v) is 9.09. The van der Waals surface area contributed by atoms with E-state index in [9.17, 15) is 15.3 Å². The molecule has 0 heterocycles. The molecule has 0 saturated heterocycles. The van der Waals surface area contributed by atoms with Gasteiger partial charge in [-0.3, -0.25) is 0 Å². The lowest BCUT2D eigenvalue weighted by Crippen LogP contribution is -2.58. The Kier molecular flexibility index (Phi) is 3.98. The predicted molar refractivity (Wildman–Crippen MR) is 95.9 cm³/mol. The summed E-state index contributed by atoms with van der Waals surface area (Å²) in [6, 6.07) is 0. The molecule has 4 aliphatic rings. The van der Waals surface area contributed by atoms with Crippen LogP contribution >= 0.6 is 0 Å². The number of methoxy groups -OCH3 is 1. The van der Waals surface area contributed by atoms with Crippen molar-refractivity contribution in [1.82, 2.24) is 0 Å². The maximum atomic E-state index is 11.1. The Hall–Kier alpha value is -0.420. The molecule has 0 radical (unpaired) electrons. The van der Waals surface area contributed by atoms with Crippen LogP contribution < -0.4 is 0 Å². The van der Waals surface area contributed by atoms with E-state index in [1.807, 2.05) is 0 Å². The highest BCUT2D eigenvalue weighted by Crippen LogP contribution is 2.67. The minimum Gasteiger partial charge on any atom is -0.390 e. The van der Waals surface area contributed by atoms with Crippen molar-refractivity contribution in [3.63, 3.8) is 0 Å². The summed E-state index contributed by atoms with van der Waals surface area (Å²) >= 11 is 0. The van der Waals surface area contributed by atoms with E-state index in [4.69, 9.17) is 4.74 Å². The standard InChI is InChI=1S/C21H34O4/c1-19-7-5-13(25-4)9-12(19)10-16(22)18-14(19)6-8-20(2)15(18)11-17(23)21(20,3)24/h10,13-18,22-24H,5-9,11H2,1-4H3/t13-,14?,15?,16-,17+,18?,19-,20-,21-/m0/s1. The molecule has 4 heteroatoms. The molecule has 3 N–H and O–H groups in total. The normalized spacial score (nSPS) is 58.1. The second kappa shape index (κ2) is 5.54. The zero-order valence-electron chi connectivity index (χ0n) is 16.0. The van der Waals surface area contributed by atoms with Crippen molar-refractivity contribution in [2.45, 2.75) is 83.2 Å². The SMILES string of the molecule is CO[C@H]1CC[C@@]2(C)C(=C[C@H](O)C3C2CC[C@@]2(C)C3C[C@@H](O)[C@]2(C)O)C1. The summed E-state index contributed by atoms with van der Waals surface area (Å²) in [4.78, 5) is 0. The molecular weight excluding hydrogens is 316 g/mol. The average molecular weight is 350 g/mol. The Labute approximate surface area is 151 Å². The molecule has 3 fully saturated rings. The van der Waals surface area contributed by atoms with Crippen LogP contribution in [0.2, 0.25) is 0 Å². The Morgan fingerprint density at radius 1 is 1.08 bits per heavy atom. The minimum absolute atomic E-state index is 0.125. The van der Waals surface area contributed by atoms with E-state index in [-0.39, 0.29) is 28.8 Å². The van der Waals surface area contributed by atoms with Crippen molar-refractivity contribution in [1.29, 1.82) is 0 Å². The van der Waals surface area contributed by atoms with Gasteiger partial charge in [-0.15, -0.1) is 0 Å². The first-order valence-electron chi connectivity index (χ1n) is 9.97. The molecule has 25 heavy (non-hydrogen) atoms. The van der Waals surface area contributed by atoms with E-state index in [1.165, 1.54) is 5.57 Å². The summed E-state index contributed by atoms with van der Waals surface area (Å²) in [6.45, 7) is 6.29. The van der Waals surface area contributed by atoms with Crippen molar-refractivity contribution in [2.24, 2.45) is 28.6 Å². The maximum Gasteiger partial charge on any atom is 0.0933 e. The van der Waals surface area contributed by atoms with Crippen molar-refractivity contribution >= 4 is 0 Å². The van der Waals surface area contributed by atoms with Crippen LogP contribution in [0.3, 0.4) is 0 Å². The fraction of sp³-hybridized carbons (Fsp3) is 0.905. The van der Waals surface area contributed by atoms with Gasteiger partial charge in [0.1, 0.15) is 0 Å². The van der Waals surface area contributed by atoms with Gasteiger partial charge >= 0.3 is 0 Å². The molecule has 0 amide bonds. The number of hydrogen-bond acceptors (Lipinski definition) is 4. The van der Waals surface area contributed by atoms with Gasteiger partial charge in [0, 0.05) is 12.5 Å². The van der Waals surface area contributed by atoms with Crippen LogP contribution in [0, 0.1) is 28.6 Å². The molecule has 0 aliphatic heterocycles. The van der Waals surface area contributed by atoms with E-state index in [0.29, 0.717) is 12.3 Å². The molecule has 4 nitrogen and oxygen atoms in total. The summed E-state index contributed by atoms with van der Waals surface area (Å²) in [6.07, 6.45) is 6.83. The van der Waals surface area contributed by atoms with E-state index in [2.05, 4.69) is 19.9 Å². The lowest BCUT2D eigenvalue weighted by Gasteiger charge is -2.59. The first-order chi connectivity index (χ1) is 11.6. The van der Waals surface area contributed by atoms with Gasteiger partial charge in [0.15, 0.2) is 0 Å². The van der Waals surface area contributed by atoms with Crippen LogP contribution in [0.4, 0.5) is 0 Å². The predicted octanol–water partition coefficient (Wildman–Crippen LogP) is 2.66. The molecule has 4 aliphatic carbocycles. The molecule has 0 spiro atoms. The van der Waals surface area contributed by atoms with Crippen molar-refractivity contribution in [2.75, 3.05) is 7.11 Å². The fourth-order valence-electron chi connectivity index (χ4n) is 7.06. The lowest BCUT2D eigenvalue weighted by molar-refractivity contribution is -0.154. The Bertz CT molecular complexity index is 584. The van der Waals surface area contributed by atoms with Crippen LogP contribution in [0.1, 0.15) is 59.3 Å². The van der Waals surface area contributed by atoms with Crippen LogP contribution in [0.15, 0.2) is 11.6 Å². The van der Waals surface area contributed by atoms with E-state index < -0.39 is 17.8 Å². The molecule has 3 saturated carbocycles. The molecule has 142 valence electrons. The minimum atomic E-state index is -1.07. The molecule has 3 unspecified atom stereocenters. The number of rotatable bonds is 1. The van der Waals surface area contributed by atoms with Gasteiger partial charge in [-0.1, -0.05) is 25.5 Å². The summed E-state index contributed by atoms with van der Waals surface area (Å²) in [5.74, 6) is 0.732. The molecule has 0 aromatic heterocycles. The van der Waals surface area contributed by atoms with Gasteiger partial charge in [0.05, 0.1) is 23.9 Å². The monoisotopic (exact) mass is 350 g/mol. The summed E-state index contributed by atoms with van der Waals surface area (Å²) in [5.41, 5.74) is 0.105. The fourth-order valence-corrected chi connectivity index (χ4v) is 7.06. The van der Waals surface area contributed by atoms with Crippen molar-refractivity contribution < 1.29 is 20.1 Å². The number of aliphatic hydroxyl groups excluding tert-OH is 2. The summed E-state index contributed by atoms with van der Waals surface area (Å²) in [7, 11) is 1.78. The quantitative estimate of drug-likeness (QED) is 0.636.